The molecule has 0 aliphatic heterocycles. The lowest BCUT2D eigenvalue weighted by Crippen LogP contribution is -2.43. The van der Waals surface area contributed by atoms with Gasteiger partial charge in [-0.15, -0.1) is 0 Å². The highest BCUT2D eigenvalue weighted by Gasteiger charge is 2.19. The van der Waals surface area contributed by atoms with Gasteiger partial charge < -0.3 is 4.74 Å². The summed E-state index contributed by atoms with van der Waals surface area (Å²) in [6.45, 7) is 8.00. The lowest BCUT2D eigenvalue weighted by Gasteiger charge is -2.26. The Morgan fingerprint density at radius 3 is 2.17 bits per heavy atom. The average molecular weight is 173 g/mol. The molecular formula is C9H19NO2. The Morgan fingerprint density at radius 1 is 1.42 bits per heavy atom. The van der Waals surface area contributed by atoms with Gasteiger partial charge in [-0.05, 0) is 20.0 Å². The first-order valence-electron chi connectivity index (χ1n) is 4.40. The minimum atomic E-state index is -0.0648. The van der Waals surface area contributed by atoms with Crippen molar-refractivity contribution in [3.05, 3.63) is 0 Å². The Balaban J connectivity index is 4.15. The van der Waals surface area contributed by atoms with E-state index in [1.54, 1.807) is 14.0 Å². The zero-order chi connectivity index (χ0) is 9.56. The van der Waals surface area contributed by atoms with Crippen LogP contribution in [0.3, 0.4) is 0 Å². The van der Waals surface area contributed by atoms with Crippen molar-refractivity contribution in [2.24, 2.45) is 0 Å². The molecule has 1 unspecified atom stereocenters. The summed E-state index contributed by atoms with van der Waals surface area (Å²) in [7, 11) is 1.62. The Bertz CT molecular complexity index is 132. The molecule has 0 amide bonds. The monoisotopic (exact) mass is 173 g/mol. The van der Waals surface area contributed by atoms with Crippen LogP contribution in [0.25, 0.3) is 0 Å². The van der Waals surface area contributed by atoms with E-state index in [1.165, 1.54) is 0 Å². The third-order valence-electron chi connectivity index (χ3n) is 2.05. The van der Waals surface area contributed by atoms with Crippen LogP contribution < -0.4 is 0 Å². The summed E-state index contributed by atoms with van der Waals surface area (Å²) < 4.78 is 4.99. The van der Waals surface area contributed by atoms with E-state index in [1.807, 2.05) is 0 Å². The Hall–Kier alpha value is -0.410. The number of rotatable bonds is 6. The van der Waals surface area contributed by atoms with Crippen LogP contribution >= 0.6 is 0 Å². The molecule has 3 nitrogen and oxygen atoms in total. The summed E-state index contributed by atoms with van der Waals surface area (Å²) in [5.74, 6) is 0.181. The molecule has 0 N–H and O–H groups in total. The number of hydrogen-bond acceptors (Lipinski definition) is 3. The zero-order valence-corrected chi connectivity index (χ0v) is 8.46. The summed E-state index contributed by atoms with van der Waals surface area (Å²) in [6.07, 6.45) is 0. The summed E-state index contributed by atoms with van der Waals surface area (Å²) in [6, 6.07) is -0.0648. The summed E-state index contributed by atoms with van der Waals surface area (Å²) in [4.78, 5) is 13.3. The molecule has 0 aliphatic rings. The second-order valence-corrected chi connectivity index (χ2v) is 2.80. The lowest BCUT2D eigenvalue weighted by molar-refractivity contribution is -0.123. The van der Waals surface area contributed by atoms with Crippen LogP contribution in [0.5, 0.6) is 0 Å². The van der Waals surface area contributed by atoms with Gasteiger partial charge in [0, 0.05) is 7.11 Å². The maximum absolute atomic E-state index is 11.2. The lowest BCUT2D eigenvalue weighted by atomic mass is 10.2. The van der Waals surface area contributed by atoms with Gasteiger partial charge in [0.25, 0.3) is 0 Å². The number of ether oxygens (including phenoxy) is 1. The molecule has 0 fully saturated rings. The molecule has 72 valence electrons. The molecule has 3 heteroatoms. The number of carbonyl (C=O) groups excluding carboxylic acids is 1. The van der Waals surface area contributed by atoms with Gasteiger partial charge in [0.1, 0.15) is 5.78 Å². The number of hydrogen-bond donors (Lipinski definition) is 0. The van der Waals surface area contributed by atoms with E-state index in [0.29, 0.717) is 6.61 Å². The normalized spacial score (nSPS) is 13.4. The largest absolute Gasteiger partial charge is 0.383 e. The van der Waals surface area contributed by atoms with Gasteiger partial charge >= 0.3 is 0 Å². The highest BCUT2D eigenvalue weighted by Crippen LogP contribution is 2.00. The van der Waals surface area contributed by atoms with Gasteiger partial charge in [-0.1, -0.05) is 13.8 Å². The molecule has 1 atom stereocenters. The second kappa shape index (κ2) is 6.14. The van der Waals surface area contributed by atoms with Gasteiger partial charge in [-0.3, -0.25) is 9.69 Å². The topological polar surface area (TPSA) is 29.5 Å². The van der Waals surface area contributed by atoms with Gasteiger partial charge in [0.2, 0.25) is 0 Å². The molecular weight excluding hydrogens is 154 g/mol. The predicted octanol–water partition coefficient (Wildman–Crippen LogP) is 0.932. The highest BCUT2D eigenvalue weighted by atomic mass is 16.5. The molecule has 0 saturated carbocycles. The molecule has 0 spiro atoms. The zero-order valence-electron chi connectivity index (χ0n) is 8.46. The van der Waals surface area contributed by atoms with Crippen LogP contribution in [0.15, 0.2) is 0 Å². The standard InChI is InChI=1S/C9H19NO2/c1-5-10(6-2)9(7-12-4)8(3)11/h9H,5-7H2,1-4H3. The van der Waals surface area contributed by atoms with Crippen molar-refractivity contribution in [2.45, 2.75) is 26.8 Å². The molecule has 0 radical (unpaired) electrons. The molecule has 0 heterocycles. The van der Waals surface area contributed by atoms with Crippen molar-refractivity contribution < 1.29 is 9.53 Å². The van der Waals surface area contributed by atoms with E-state index in [2.05, 4.69) is 18.7 Å². The van der Waals surface area contributed by atoms with E-state index < -0.39 is 0 Å². The number of methoxy groups -OCH3 is 1. The van der Waals surface area contributed by atoms with Crippen LogP contribution in [-0.4, -0.2) is 43.5 Å². The van der Waals surface area contributed by atoms with Crippen LogP contribution in [0.4, 0.5) is 0 Å². The molecule has 0 aromatic carbocycles. The van der Waals surface area contributed by atoms with E-state index in [9.17, 15) is 4.79 Å². The summed E-state index contributed by atoms with van der Waals surface area (Å²) in [5.41, 5.74) is 0. The van der Waals surface area contributed by atoms with Crippen molar-refractivity contribution in [1.29, 1.82) is 0 Å². The SMILES string of the molecule is CCN(CC)C(COC)C(C)=O. The van der Waals surface area contributed by atoms with Crippen LogP contribution in [-0.2, 0) is 9.53 Å². The number of Topliss-reactive ketones (excluding diaryl/α,β-unsaturated/α-hetero) is 1. The smallest absolute Gasteiger partial charge is 0.149 e. The van der Waals surface area contributed by atoms with Crippen molar-refractivity contribution in [3.63, 3.8) is 0 Å². The Kier molecular flexibility index (Phi) is 5.93. The van der Waals surface area contributed by atoms with Gasteiger partial charge in [-0.25, -0.2) is 0 Å². The molecule has 0 aromatic rings. The molecule has 12 heavy (non-hydrogen) atoms. The van der Waals surface area contributed by atoms with Crippen LogP contribution in [0.1, 0.15) is 20.8 Å². The summed E-state index contributed by atoms with van der Waals surface area (Å²) >= 11 is 0. The minimum absolute atomic E-state index is 0.0648. The molecule has 0 rings (SSSR count). The van der Waals surface area contributed by atoms with E-state index in [0.717, 1.165) is 13.1 Å². The Labute approximate surface area is 74.7 Å². The molecule has 0 aromatic heterocycles. The fraction of sp³-hybridized carbons (Fsp3) is 0.889. The summed E-state index contributed by atoms with van der Waals surface area (Å²) in [5, 5.41) is 0. The first kappa shape index (κ1) is 11.6. The molecule has 0 saturated heterocycles. The van der Waals surface area contributed by atoms with Crippen LogP contribution in [0.2, 0.25) is 0 Å². The fourth-order valence-corrected chi connectivity index (χ4v) is 1.30. The first-order chi connectivity index (χ1) is 5.67. The first-order valence-corrected chi connectivity index (χ1v) is 4.40. The Morgan fingerprint density at radius 2 is 1.92 bits per heavy atom. The predicted molar refractivity (Wildman–Crippen MR) is 49.3 cm³/mol. The third-order valence-corrected chi connectivity index (χ3v) is 2.05. The van der Waals surface area contributed by atoms with Gasteiger partial charge in [0.05, 0.1) is 12.6 Å². The van der Waals surface area contributed by atoms with Gasteiger partial charge in [0.15, 0.2) is 0 Å². The van der Waals surface area contributed by atoms with Crippen LogP contribution in [0, 0.1) is 0 Å². The number of ketones is 1. The maximum Gasteiger partial charge on any atom is 0.149 e. The number of likely N-dealkylation sites (N-methyl/N-ethyl adjacent to an activating group) is 1. The average Bonchev–Trinajstić information content (AvgIpc) is 2.05. The van der Waals surface area contributed by atoms with Crippen molar-refractivity contribution in [1.82, 2.24) is 4.90 Å². The van der Waals surface area contributed by atoms with Gasteiger partial charge in [-0.2, -0.15) is 0 Å². The van der Waals surface area contributed by atoms with E-state index >= 15 is 0 Å². The number of carbonyl (C=O) groups is 1. The maximum atomic E-state index is 11.2. The van der Waals surface area contributed by atoms with Crippen molar-refractivity contribution >= 4 is 5.78 Å². The number of nitrogens with zero attached hydrogens (tertiary/aromatic N) is 1. The molecule has 0 aliphatic carbocycles. The minimum Gasteiger partial charge on any atom is -0.383 e. The highest BCUT2D eigenvalue weighted by molar-refractivity contribution is 5.81. The molecule has 0 bridgehead atoms. The van der Waals surface area contributed by atoms with Crippen molar-refractivity contribution in [3.8, 4) is 0 Å². The quantitative estimate of drug-likeness (QED) is 0.598. The van der Waals surface area contributed by atoms with E-state index in [-0.39, 0.29) is 11.8 Å². The fourth-order valence-electron chi connectivity index (χ4n) is 1.30. The second-order valence-electron chi connectivity index (χ2n) is 2.80. The van der Waals surface area contributed by atoms with Crippen molar-refractivity contribution in [2.75, 3.05) is 26.8 Å². The van der Waals surface area contributed by atoms with E-state index in [4.69, 9.17) is 4.74 Å². The third kappa shape index (κ3) is 3.32.